The third-order valence-electron chi connectivity index (χ3n) is 3.81. The molecule has 0 aliphatic heterocycles. The number of hydrogen-bond acceptors (Lipinski definition) is 3. The zero-order chi connectivity index (χ0) is 16.0. The SMILES string of the molecule is CCC(C)(CNC(=O)Cc1ccc(C)c(OC)c1)C(=O)O. The van der Waals surface area contributed by atoms with Crippen molar-refractivity contribution in [1.29, 1.82) is 0 Å². The number of nitrogens with one attached hydrogen (secondary N) is 1. The van der Waals surface area contributed by atoms with Gasteiger partial charge in [-0.25, -0.2) is 0 Å². The molecule has 0 aromatic heterocycles. The molecule has 5 heteroatoms. The highest BCUT2D eigenvalue weighted by atomic mass is 16.5. The highest BCUT2D eigenvalue weighted by molar-refractivity contribution is 5.80. The van der Waals surface area contributed by atoms with E-state index in [4.69, 9.17) is 9.84 Å². The molecule has 0 spiro atoms. The van der Waals surface area contributed by atoms with E-state index in [9.17, 15) is 9.59 Å². The smallest absolute Gasteiger partial charge is 0.311 e. The summed E-state index contributed by atoms with van der Waals surface area (Å²) in [4.78, 5) is 23.1. The largest absolute Gasteiger partial charge is 0.496 e. The minimum Gasteiger partial charge on any atom is -0.496 e. The molecule has 0 aliphatic carbocycles. The van der Waals surface area contributed by atoms with Crippen molar-refractivity contribution in [3.63, 3.8) is 0 Å². The summed E-state index contributed by atoms with van der Waals surface area (Å²) in [5.74, 6) is -0.353. The monoisotopic (exact) mass is 293 g/mol. The second-order valence-electron chi connectivity index (χ2n) is 5.48. The molecule has 1 amide bonds. The van der Waals surface area contributed by atoms with Crippen LogP contribution in [0.3, 0.4) is 0 Å². The zero-order valence-electron chi connectivity index (χ0n) is 13.0. The van der Waals surface area contributed by atoms with Gasteiger partial charge in [0.25, 0.3) is 0 Å². The molecule has 0 bridgehead atoms. The Morgan fingerprint density at radius 1 is 1.38 bits per heavy atom. The quantitative estimate of drug-likeness (QED) is 0.808. The Bertz CT molecular complexity index is 527. The van der Waals surface area contributed by atoms with Crippen LogP contribution in [0.2, 0.25) is 0 Å². The average Bonchev–Trinajstić information content (AvgIpc) is 2.46. The summed E-state index contributed by atoms with van der Waals surface area (Å²) in [6, 6.07) is 5.59. The number of carboxylic acid groups (broad SMARTS) is 1. The normalized spacial score (nSPS) is 13.3. The van der Waals surface area contributed by atoms with Crippen LogP contribution >= 0.6 is 0 Å². The number of aryl methyl sites for hydroxylation is 1. The third kappa shape index (κ3) is 4.48. The van der Waals surface area contributed by atoms with Gasteiger partial charge in [0, 0.05) is 6.54 Å². The van der Waals surface area contributed by atoms with Gasteiger partial charge in [-0.2, -0.15) is 0 Å². The maximum Gasteiger partial charge on any atom is 0.311 e. The van der Waals surface area contributed by atoms with Gasteiger partial charge in [0.15, 0.2) is 0 Å². The minimum absolute atomic E-state index is 0.126. The van der Waals surface area contributed by atoms with Gasteiger partial charge in [-0.3, -0.25) is 9.59 Å². The van der Waals surface area contributed by atoms with Crippen molar-refractivity contribution in [2.24, 2.45) is 5.41 Å². The number of hydrogen-bond donors (Lipinski definition) is 2. The van der Waals surface area contributed by atoms with Crippen LogP contribution in [0.5, 0.6) is 5.75 Å². The van der Waals surface area contributed by atoms with Gasteiger partial charge >= 0.3 is 5.97 Å². The van der Waals surface area contributed by atoms with Gasteiger partial charge in [0.05, 0.1) is 18.9 Å². The summed E-state index contributed by atoms with van der Waals surface area (Å²) < 4.78 is 5.22. The number of benzene rings is 1. The van der Waals surface area contributed by atoms with E-state index in [1.165, 1.54) is 0 Å². The Morgan fingerprint density at radius 3 is 2.57 bits per heavy atom. The molecule has 0 radical (unpaired) electrons. The number of rotatable bonds is 7. The predicted octanol–water partition coefficient (Wildman–Crippen LogP) is 2.16. The fourth-order valence-electron chi connectivity index (χ4n) is 1.87. The van der Waals surface area contributed by atoms with Crippen molar-refractivity contribution in [2.45, 2.75) is 33.6 Å². The maximum absolute atomic E-state index is 11.9. The molecule has 1 aromatic rings. The molecule has 1 rings (SSSR count). The first-order valence-corrected chi connectivity index (χ1v) is 6.96. The number of amides is 1. The van der Waals surface area contributed by atoms with Crippen molar-refractivity contribution >= 4 is 11.9 Å². The van der Waals surface area contributed by atoms with Crippen LogP contribution in [0, 0.1) is 12.3 Å². The molecule has 1 atom stereocenters. The summed E-state index contributed by atoms with van der Waals surface area (Å²) >= 11 is 0. The van der Waals surface area contributed by atoms with Gasteiger partial charge in [-0.1, -0.05) is 19.1 Å². The van der Waals surface area contributed by atoms with Crippen LogP contribution in [-0.2, 0) is 16.0 Å². The number of carboxylic acids is 1. The molecule has 0 aliphatic rings. The lowest BCUT2D eigenvalue weighted by Gasteiger charge is -2.23. The van der Waals surface area contributed by atoms with Gasteiger partial charge in [0.2, 0.25) is 5.91 Å². The van der Waals surface area contributed by atoms with Crippen LogP contribution in [0.1, 0.15) is 31.4 Å². The number of aliphatic carboxylic acids is 1. The molecule has 5 nitrogen and oxygen atoms in total. The standard InChI is InChI=1S/C16H23NO4/c1-5-16(3,15(19)20)10-17-14(18)9-12-7-6-11(2)13(8-12)21-4/h6-8H,5,9-10H2,1-4H3,(H,17,18)(H,19,20). The highest BCUT2D eigenvalue weighted by Crippen LogP contribution is 2.21. The Kier molecular flexibility index (Phi) is 5.76. The van der Waals surface area contributed by atoms with Gasteiger partial charge in [0.1, 0.15) is 5.75 Å². The Morgan fingerprint density at radius 2 is 2.05 bits per heavy atom. The summed E-state index contributed by atoms with van der Waals surface area (Å²) in [5.41, 5.74) is 0.912. The Hall–Kier alpha value is -2.04. The summed E-state index contributed by atoms with van der Waals surface area (Å²) in [6.45, 7) is 5.48. The van der Waals surface area contributed by atoms with Crippen LogP contribution in [0.25, 0.3) is 0 Å². The zero-order valence-corrected chi connectivity index (χ0v) is 13.0. The Labute approximate surface area is 125 Å². The van der Waals surface area contributed by atoms with Crippen molar-refractivity contribution < 1.29 is 19.4 Å². The first-order valence-electron chi connectivity index (χ1n) is 6.96. The number of ether oxygens (including phenoxy) is 1. The van der Waals surface area contributed by atoms with Crippen molar-refractivity contribution in [2.75, 3.05) is 13.7 Å². The fourth-order valence-corrected chi connectivity index (χ4v) is 1.87. The van der Waals surface area contributed by atoms with Gasteiger partial charge < -0.3 is 15.2 Å². The molecule has 1 aromatic carbocycles. The van der Waals surface area contributed by atoms with Gasteiger partial charge in [-0.15, -0.1) is 0 Å². The van der Waals surface area contributed by atoms with Gasteiger partial charge in [-0.05, 0) is 37.5 Å². The number of methoxy groups -OCH3 is 1. The average molecular weight is 293 g/mol. The topological polar surface area (TPSA) is 75.6 Å². The molecule has 1 unspecified atom stereocenters. The van der Waals surface area contributed by atoms with Crippen LogP contribution < -0.4 is 10.1 Å². The molecular weight excluding hydrogens is 270 g/mol. The molecule has 0 heterocycles. The molecule has 0 saturated heterocycles. The first kappa shape index (κ1) is 17.0. The van der Waals surface area contributed by atoms with E-state index >= 15 is 0 Å². The molecule has 0 saturated carbocycles. The molecule has 116 valence electrons. The maximum atomic E-state index is 11.9. The van der Waals surface area contributed by atoms with Crippen LogP contribution in [-0.4, -0.2) is 30.6 Å². The summed E-state index contributed by atoms with van der Waals surface area (Å²) in [5, 5.41) is 11.9. The lowest BCUT2D eigenvalue weighted by Crippen LogP contribution is -2.41. The fraction of sp³-hybridized carbons (Fsp3) is 0.500. The van der Waals surface area contributed by atoms with Crippen molar-refractivity contribution in [3.8, 4) is 5.75 Å². The molecule has 0 fully saturated rings. The summed E-state index contributed by atoms with van der Waals surface area (Å²) in [6.07, 6.45) is 0.664. The van der Waals surface area contributed by atoms with Crippen molar-refractivity contribution in [3.05, 3.63) is 29.3 Å². The van der Waals surface area contributed by atoms with Crippen LogP contribution in [0.4, 0.5) is 0 Å². The van der Waals surface area contributed by atoms with E-state index in [0.717, 1.165) is 16.9 Å². The molecule has 2 N–H and O–H groups in total. The molecule has 21 heavy (non-hydrogen) atoms. The lowest BCUT2D eigenvalue weighted by molar-refractivity contribution is -0.148. The van der Waals surface area contributed by atoms with Crippen LogP contribution in [0.15, 0.2) is 18.2 Å². The second kappa shape index (κ2) is 7.11. The number of carbonyl (C=O) groups is 2. The van der Waals surface area contributed by atoms with E-state index in [-0.39, 0.29) is 18.9 Å². The number of carbonyl (C=O) groups excluding carboxylic acids is 1. The summed E-state index contributed by atoms with van der Waals surface area (Å²) in [7, 11) is 1.59. The van der Waals surface area contributed by atoms with Crippen molar-refractivity contribution in [1.82, 2.24) is 5.32 Å². The molecular formula is C16H23NO4. The lowest BCUT2D eigenvalue weighted by atomic mass is 9.87. The van der Waals surface area contributed by atoms with E-state index in [0.29, 0.717) is 6.42 Å². The van der Waals surface area contributed by atoms with E-state index in [1.54, 1.807) is 21.0 Å². The van der Waals surface area contributed by atoms with E-state index in [1.807, 2.05) is 25.1 Å². The van der Waals surface area contributed by atoms with E-state index in [2.05, 4.69) is 5.32 Å². The highest BCUT2D eigenvalue weighted by Gasteiger charge is 2.31. The first-order chi connectivity index (χ1) is 9.82. The predicted molar refractivity (Wildman–Crippen MR) is 80.5 cm³/mol. The minimum atomic E-state index is -0.930. The van der Waals surface area contributed by atoms with E-state index < -0.39 is 11.4 Å². The Balaban J connectivity index is 2.64. The third-order valence-corrected chi connectivity index (χ3v) is 3.81. The second-order valence-corrected chi connectivity index (χ2v) is 5.48.